The zero-order valence-corrected chi connectivity index (χ0v) is 20.1. The SMILES string of the molecule is C.C.[2H]C(=O)Cc1ccc(N)cc1.[2H]C(=O)Cc1ccc(NC(=O)OCC2c3ccccc3-c3ccccc32)cc1. The fourth-order valence-electron chi connectivity index (χ4n) is 4.26. The molecule has 1 aliphatic carbocycles. The maximum absolute atomic E-state index is 12.2. The van der Waals surface area contributed by atoms with Crippen LogP contribution in [-0.2, 0) is 27.2 Å². The zero-order chi connectivity index (χ0) is 27.8. The van der Waals surface area contributed by atoms with E-state index in [0.29, 0.717) is 11.4 Å². The summed E-state index contributed by atoms with van der Waals surface area (Å²) < 4.78 is 19.2. The highest BCUT2D eigenvalue weighted by atomic mass is 16.5. The fraction of sp³-hybridized carbons (Fsp3) is 0.182. The van der Waals surface area contributed by atoms with E-state index in [4.69, 9.17) is 13.2 Å². The van der Waals surface area contributed by atoms with Gasteiger partial charge < -0.3 is 20.1 Å². The molecule has 1 amide bonds. The van der Waals surface area contributed by atoms with Gasteiger partial charge in [-0.1, -0.05) is 87.6 Å². The molecule has 202 valence electrons. The number of anilines is 2. The van der Waals surface area contributed by atoms with Crippen LogP contribution in [0.15, 0.2) is 97.1 Å². The molecular weight excluding hydrogens is 488 g/mol. The van der Waals surface area contributed by atoms with Gasteiger partial charge in [-0.3, -0.25) is 5.32 Å². The van der Waals surface area contributed by atoms with E-state index in [0.717, 1.165) is 11.1 Å². The minimum Gasteiger partial charge on any atom is -0.448 e. The summed E-state index contributed by atoms with van der Waals surface area (Å²) in [6.07, 6.45) is -1.51. The van der Waals surface area contributed by atoms with E-state index in [9.17, 15) is 14.4 Å². The molecule has 0 saturated heterocycles. The van der Waals surface area contributed by atoms with E-state index in [1.165, 1.54) is 22.3 Å². The Morgan fingerprint density at radius 1 is 0.769 bits per heavy atom. The number of fused-ring (bicyclic) bond motifs is 3. The molecule has 1 aliphatic rings. The first-order chi connectivity index (χ1) is 18.8. The number of amides is 1. The molecule has 0 aliphatic heterocycles. The third-order valence-corrected chi connectivity index (χ3v) is 6.08. The van der Waals surface area contributed by atoms with Gasteiger partial charge in [0.15, 0.2) is 0 Å². The molecule has 0 atom stereocenters. The summed E-state index contributed by atoms with van der Waals surface area (Å²) >= 11 is 0. The number of rotatable bonds is 7. The van der Waals surface area contributed by atoms with E-state index < -0.39 is 18.6 Å². The quantitative estimate of drug-likeness (QED) is 0.198. The molecule has 5 rings (SSSR count). The molecule has 0 radical (unpaired) electrons. The lowest BCUT2D eigenvalue weighted by atomic mass is 9.98. The summed E-state index contributed by atoms with van der Waals surface area (Å²) in [7, 11) is 0. The Morgan fingerprint density at radius 3 is 1.72 bits per heavy atom. The first kappa shape index (κ1) is 27.3. The van der Waals surface area contributed by atoms with Crippen LogP contribution >= 0.6 is 0 Å². The van der Waals surface area contributed by atoms with Gasteiger partial charge in [0.1, 0.15) is 21.9 Å². The molecule has 0 fully saturated rings. The zero-order valence-electron chi connectivity index (χ0n) is 22.1. The molecule has 4 aromatic carbocycles. The molecule has 3 N–H and O–H groups in total. The number of hydrogen-bond donors (Lipinski definition) is 2. The number of carbonyl (C=O) groups is 3. The molecule has 0 aromatic heterocycles. The maximum atomic E-state index is 12.2. The Hall–Kier alpha value is -4.71. The lowest BCUT2D eigenvalue weighted by Gasteiger charge is -2.14. The molecule has 0 bridgehead atoms. The smallest absolute Gasteiger partial charge is 0.411 e. The number of ether oxygens (including phenoxy) is 1. The topological polar surface area (TPSA) is 98.5 Å². The molecule has 6 heteroatoms. The Balaban J connectivity index is 0.000000385. The number of nitrogen functional groups attached to an aromatic ring is 1. The van der Waals surface area contributed by atoms with Crippen LogP contribution in [0, 0.1) is 0 Å². The largest absolute Gasteiger partial charge is 0.448 e. The number of carbonyl (C=O) groups excluding carboxylic acids is 3. The fourth-order valence-corrected chi connectivity index (χ4v) is 4.26. The van der Waals surface area contributed by atoms with Gasteiger partial charge in [-0.25, -0.2) is 4.79 Å². The highest BCUT2D eigenvalue weighted by Crippen LogP contribution is 2.44. The van der Waals surface area contributed by atoms with Gasteiger partial charge in [0.2, 0.25) is 0 Å². The standard InChI is InChI=1S/C23H19NO3.C8H9NO.2CH4/c25-14-13-16-9-11-17(12-10-16)24-23(26)27-15-22-20-7-3-1-5-18(20)19-6-2-4-8-21(19)22;9-8-3-1-7(2-4-8)5-6-10;;/h1-12,14,22H,13,15H2,(H,24,26);1-4,6H,5,9H2;2*1H4/i14D;6D;;. The van der Waals surface area contributed by atoms with Crippen molar-refractivity contribution in [2.24, 2.45) is 0 Å². The summed E-state index contributed by atoms with van der Waals surface area (Å²) in [4.78, 5) is 33.4. The van der Waals surface area contributed by atoms with Crippen molar-refractivity contribution in [2.75, 3.05) is 17.7 Å². The summed E-state index contributed by atoms with van der Waals surface area (Å²) in [5.41, 5.74) is 13.0. The number of benzene rings is 4. The molecule has 4 aromatic rings. The van der Waals surface area contributed by atoms with E-state index in [2.05, 4.69) is 29.6 Å². The monoisotopic (exact) mass is 526 g/mol. The van der Waals surface area contributed by atoms with Gasteiger partial charge in [-0.15, -0.1) is 0 Å². The van der Waals surface area contributed by atoms with Crippen LogP contribution in [0.5, 0.6) is 0 Å². The van der Waals surface area contributed by atoms with Crippen LogP contribution in [0.2, 0.25) is 0 Å². The number of hydrogen-bond acceptors (Lipinski definition) is 5. The van der Waals surface area contributed by atoms with Crippen LogP contribution in [0.1, 0.15) is 45.8 Å². The van der Waals surface area contributed by atoms with Crippen molar-refractivity contribution in [3.63, 3.8) is 0 Å². The van der Waals surface area contributed by atoms with Gasteiger partial charge >= 0.3 is 6.09 Å². The van der Waals surface area contributed by atoms with Crippen molar-refractivity contribution in [3.8, 4) is 11.1 Å². The molecular formula is C33H36N2O4. The van der Waals surface area contributed by atoms with Crippen molar-refractivity contribution in [2.45, 2.75) is 33.6 Å². The van der Waals surface area contributed by atoms with Crippen molar-refractivity contribution >= 4 is 30.0 Å². The summed E-state index contributed by atoms with van der Waals surface area (Å²) in [5, 5.41) is 2.70. The summed E-state index contributed by atoms with van der Waals surface area (Å²) in [6.45, 7) is 0.255. The summed E-state index contributed by atoms with van der Waals surface area (Å²) in [5.74, 6) is 0.0172. The third kappa shape index (κ3) is 7.89. The van der Waals surface area contributed by atoms with Crippen LogP contribution in [0.4, 0.5) is 16.2 Å². The van der Waals surface area contributed by atoms with Crippen molar-refractivity contribution in [1.29, 1.82) is 0 Å². The van der Waals surface area contributed by atoms with Gasteiger partial charge in [0.25, 0.3) is 0 Å². The highest BCUT2D eigenvalue weighted by Gasteiger charge is 2.28. The normalized spacial score (nSPS) is 11.5. The van der Waals surface area contributed by atoms with Gasteiger partial charge in [-0.05, 0) is 57.6 Å². The average molecular weight is 527 g/mol. The van der Waals surface area contributed by atoms with Crippen LogP contribution in [-0.4, -0.2) is 25.2 Å². The Morgan fingerprint density at radius 2 is 1.23 bits per heavy atom. The second kappa shape index (κ2) is 14.9. The van der Waals surface area contributed by atoms with E-state index in [-0.39, 0.29) is 40.2 Å². The number of nitrogens with two attached hydrogens (primary N) is 1. The van der Waals surface area contributed by atoms with E-state index in [1.54, 1.807) is 48.5 Å². The highest BCUT2D eigenvalue weighted by molar-refractivity contribution is 5.85. The van der Waals surface area contributed by atoms with Crippen LogP contribution in [0.25, 0.3) is 11.1 Å². The molecule has 6 nitrogen and oxygen atoms in total. The minimum absolute atomic E-state index is 0. The lowest BCUT2D eigenvalue weighted by molar-refractivity contribution is -0.108. The second-order valence-electron chi connectivity index (χ2n) is 8.53. The van der Waals surface area contributed by atoms with Gasteiger partial charge in [-0.2, -0.15) is 0 Å². The van der Waals surface area contributed by atoms with Crippen molar-refractivity contribution in [1.82, 2.24) is 0 Å². The third-order valence-electron chi connectivity index (χ3n) is 6.08. The molecule has 0 unspecified atom stereocenters. The van der Waals surface area contributed by atoms with Crippen LogP contribution < -0.4 is 11.1 Å². The van der Waals surface area contributed by atoms with Crippen molar-refractivity contribution < 1.29 is 21.9 Å². The van der Waals surface area contributed by atoms with Crippen LogP contribution in [0.3, 0.4) is 0 Å². The average Bonchev–Trinajstić information content (AvgIpc) is 3.23. The molecule has 0 heterocycles. The van der Waals surface area contributed by atoms with Crippen molar-refractivity contribution in [3.05, 3.63) is 119 Å². The Kier molecular flexibility index (Phi) is 10.4. The van der Waals surface area contributed by atoms with Gasteiger partial charge in [0.05, 0.1) is 0 Å². The minimum atomic E-state index is -0.641. The summed E-state index contributed by atoms with van der Waals surface area (Å²) in [6, 6.07) is 30.1. The Labute approximate surface area is 233 Å². The lowest BCUT2D eigenvalue weighted by Crippen LogP contribution is -2.17. The van der Waals surface area contributed by atoms with E-state index in [1.807, 2.05) is 24.3 Å². The van der Waals surface area contributed by atoms with Gasteiger partial charge in [0, 0.05) is 30.1 Å². The maximum Gasteiger partial charge on any atom is 0.411 e. The molecule has 39 heavy (non-hydrogen) atoms. The number of nitrogens with one attached hydrogen (secondary N) is 1. The predicted octanol–water partition coefficient (Wildman–Crippen LogP) is 7.07. The molecule has 0 spiro atoms. The molecule has 0 saturated carbocycles. The van der Waals surface area contributed by atoms with E-state index >= 15 is 0 Å². The second-order valence-corrected chi connectivity index (χ2v) is 8.53. The Bertz CT molecular complexity index is 1430. The number of aldehydes is 2. The predicted molar refractivity (Wildman–Crippen MR) is 159 cm³/mol. The first-order valence-corrected chi connectivity index (χ1v) is 11.8. The first-order valence-electron chi connectivity index (χ1n) is 12.8.